The first-order chi connectivity index (χ1) is 26.3. The molecule has 0 atom stereocenters. The molecular formula is C49H32N4. The molecule has 0 aliphatic carbocycles. The van der Waals surface area contributed by atoms with Crippen LogP contribution in [0.3, 0.4) is 0 Å². The van der Waals surface area contributed by atoms with Gasteiger partial charge in [0, 0.05) is 34.5 Å². The van der Waals surface area contributed by atoms with Crippen molar-refractivity contribution in [2.24, 2.45) is 0 Å². The Hall–Kier alpha value is -7.22. The first-order valence-corrected chi connectivity index (χ1v) is 17.8. The molecule has 1 aliphatic heterocycles. The van der Waals surface area contributed by atoms with E-state index in [0.717, 1.165) is 55.7 Å². The summed E-state index contributed by atoms with van der Waals surface area (Å²) >= 11 is 0. The quantitative estimate of drug-likeness (QED) is 0.170. The zero-order valence-electron chi connectivity index (χ0n) is 28.8. The molecule has 53 heavy (non-hydrogen) atoms. The molecule has 0 radical (unpaired) electrons. The van der Waals surface area contributed by atoms with Gasteiger partial charge in [-0.15, -0.1) is 0 Å². The first-order valence-electron chi connectivity index (χ1n) is 17.8. The minimum absolute atomic E-state index is 0.559. The molecule has 0 bridgehead atoms. The maximum Gasteiger partial charge on any atom is 0.187 e. The van der Waals surface area contributed by atoms with Crippen molar-refractivity contribution in [2.45, 2.75) is 5.41 Å². The lowest BCUT2D eigenvalue weighted by Crippen LogP contribution is -2.37. The van der Waals surface area contributed by atoms with Crippen molar-refractivity contribution in [3.63, 3.8) is 0 Å². The van der Waals surface area contributed by atoms with Gasteiger partial charge in [0.05, 0.1) is 34.4 Å². The monoisotopic (exact) mass is 676 g/mol. The standard InChI is InChI=1S/C49H32N4/c1-50-38-20-14-15-34(29-38)35-30-39(52-45-24-11-8-21-41(45)42-33-51-28-27-46(42)52)32-40(31-35)53-47-25-12-9-22-43(47)49(36-16-4-2-5-17-36,37-18-6-3-7-19-37)44-23-10-13-26-48(44)53/h2-33H. The summed E-state index contributed by atoms with van der Waals surface area (Å²) in [7, 11) is 0. The van der Waals surface area contributed by atoms with Crippen molar-refractivity contribution < 1.29 is 0 Å². The van der Waals surface area contributed by atoms with Crippen LogP contribution in [0.5, 0.6) is 0 Å². The zero-order chi connectivity index (χ0) is 35.4. The van der Waals surface area contributed by atoms with Crippen LogP contribution in [0.2, 0.25) is 0 Å². The van der Waals surface area contributed by atoms with Gasteiger partial charge in [-0.1, -0.05) is 133 Å². The maximum atomic E-state index is 7.79. The maximum absolute atomic E-state index is 7.79. The number of benzene rings is 7. The second kappa shape index (κ2) is 12.2. The molecule has 7 aromatic carbocycles. The number of para-hydroxylation sites is 3. The Balaban J connectivity index is 1.30. The molecular weight excluding hydrogens is 645 g/mol. The lowest BCUT2D eigenvalue weighted by atomic mass is 9.62. The van der Waals surface area contributed by atoms with Crippen LogP contribution in [0.25, 0.3) is 43.5 Å². The molecule has 1 aliphatic rings. The van der Waals surface area contributed by atoms with Gasteiger partial charge in [-0.25, -0.2) is 4.85 Å². The summed E-state index contributed by atoms with van der Waals surface area (Å²) in [6.07, 6.45) is 3.83. The lowest BCUT2D eigenvalue weighted by Gasteiger charge is -2.46. The lowest BCUT2D eigenvalue weighted by molar-refractivity contribution is 0.731. The van der Waals surface area contributed by atoms with Crippen molar-refractivity contribution in [1.29, 1.82) is 0 Å². The third-order valence-electron chi connectivity index (χ3n) is 10.7. The van der Waals surface area contributed by atoms with Crippen LogP contribution in [-0.4, -0.2) is 9.55 Å². The SMILES string of the molecule is [C-]#[N+]c1cccc(-c2cc(N3c4ccccc4C(c4ccccc4)(c4ccccc4)c4ccccc43)cc(-n3c4ccccc4c4cnccc43)c2)c1. The molecule has 0 amide bonds. The van der Waals surface area contributed by atoms with E-state index >= 15 is 0 Å². The zero-order valence-corrected chi connectivity index (χ0v) is 28.8. The number of rotatable bonds is 5. The van der Waals surface area contributed by atoms with Crippen molar-refractivity contribution in [3.05, 3.63) is 228 Å². The fourth-order valence-electron chi connectivity index (χ4n) is 8.56. The third-order valence-corrected chi connectivity index (χ3v) is 10.7. The summed E-state index contributed by atoms with van der Waals surface area (Å²) in [5.74, 6) is 0. The van der Waals surface area contributed by atoms with Crippen molar-refractivity contribution in [1.82, 2.24) is 9.55 Å². The number of nitrogens with zero attached hydrogens (tertiary/aromatic N) is 4. The summed E-state index contributed by atoms with van der Waals surface area (Å²) in [4.78, 5) is 10.7. The summed E-state index contributed by atoms with van der Waals surface area (Å²) in [6.45, 7) is 7.79. The van der Waals surface area contributed by atoms with Crippen LogP contribution in [0, 0.1) is 6.57 Å². The van der Waals surface area contributed by atoms with E-state index in [-0.39, 0.29) is 0 Å². The van der Waals surface area contributed by atoms with Gasteiger partial charge >= 0.3 is 0 Å². The molecule has 3 heterocycles. The summed E-state index contributed by atoms with van der Waals surface area (Å²) in [6, 6.07) is 64.9. The highest BCUT2D eigenvalue weighted by Crippen LogP contribution is 2.58. The van der Waals surface area contributed by atoms with Gasteiger partial charge < -0.3 is 9.47 Å². The molecule has 4 heteroatoms. The van der Waals surface area contributed by atoms with E-state index in [4.69, 9.17) is 6.57 Å². The topological polar surface area (TPSA) is 25.4 Å². The van der Waals surface area contributed by atoms with Gasteiger partial charge in [0.15, 0.2) is 5.69 Å². The highest BCUT2D eigenvalue weighted by molar-refractivity contribution is 6.09. The molecule has 4 nitrogen and oxygen atoms in total. The van der Waals surface area contributed by atoms with Gasteiger partial charge in [-0.2, -0.15) is 0 Å². The number of fused-ring (bicyclic) bond motifs is 5. The van der Waals surface area contributed by atoms with Crippen molar-refractivity contribution in [3.8, 4) is 16.8 Å². The number of pyridine rings is 1. The predicted molar refractivity (Wildman–Crippen MR) is 217 cm³/mol. The molecule has 0 saturated carbocycles. The van der Waals surface area contributed by atoms with Crippen LogP contribution >= 0.6 is 0 Å². The Morgan fingerprint density at radius 3 is 1.79 bits per heavy atom. The number of anilines is 3. The van der Waals surface area contributed by atoms with E-state index in [1.54, 1.807) is 0 Å². The van der Waals surface area contributed by atoms with E-state index in [1.165, 1.54) is 22.3 Å². The summed E-state index contributed by atoms with van der Waals surface area (Å²) in [5, 5.41) is 2.26. The average Bonchev–Trinajstić information content (AvgIpc) is 3.58. The van der Waals surface area contributed by atoms with Crippen LogP contribution in [0.4, 0.5) is 22.7 Å². The van der Waals surface area contributed by atoms with E-state index in [0.29, 0.717) is 5.69 Å². The molecule has 0 N–H and O–H groups in total. The Labute approximate surface area is 308 Å². The summed E-state index contributed by atoms with van der Waals surface area (Å²) in [5.41, 5.74) is 13.4. The Morgan fingerprint density at radius 2 is 1.09 bits per heavy atom. The van der Waals surface area contributed by atoms with Crippen LogP contribution < -0.4 is 4.90 Å². The fraction of sp³-hybridized carbons (Fsp3) is 0.0204. The predicted octanol–water partition coefficient (Wildman–Crippen LogP) is 12.6. The molecule has 9 aromatic rings. The van der Waals surface area contributed by atoms with E-state index in [2.05, 4.69) is 183 Å². The van der Waals surface area contributed by atoms with Gasteiger partial charge in [-0.3, -0.25) is 4.98 Å². The van der Waals surface area contributed by atoms with Gasteiger partial charge in [0.1, 0.15) is 0 Å². The van der Waals surface area contributed by atoms with Crippen LogP contribution in [-0.2, 0) is 5.41 Å². The van der Waals surface area contributed by atoms with Crippen molar-refractivity contribution in [2.75, 3.05) is 4.90 Å². The van der Waals surface area contributed by atoms with E-state index < -0.39 is 5.41 Å². The Morgan fingerprint density at radius 1 is 0.491 bits per heavy atom. The second-order valence-electron chi connectivity index (χ2n) is 13.5. The Bertz CT molecular complexity index is 2720. The normalized spacial score (nSPS) is 13.0. The number of hydrogen-bond donors (Lipinski definition) is 0. The average molecular weight is 677 g/mol. The second-order valence-corrected chi connectivity index (χ2v) is 13.5. The molecule has 248 valence electrons. The van der Waals surface area contributed by atoms with E-state index in [9.17, 15) is 0 Å². The van der Waals surface area contributed by atoms with Gasteiger partial charge in [0.25, 0.3) is 0 Å². The summed E-state index contributed by atoms with van der Waals surface area (Å²) < 4.78 is 2.35. The number of hydrogen-bond acceptors (Lipinski definition) is 2. The van der Waals surface area contributed by atoms with Gasteiger partial charge in [0.2, 0.25) is 0 Å². The molecule has 0 fully saturated rings. The molecule has 0 unspecified atom stereocenters. The minimum atomic E-state index is -0.559. The first kappa shape index (κ1) is 30.6. The highest BCUT2D eigenvalue weighted by Gasteiger charge is 2.46. The minimum Gasteiger partial charge on any atom is -0.310 e. The van der Waals surface area contributed by atoms with Crippen LogP contribution in [0.15, 0.2) is 194 Å². The van der Waals surface area contributed by atoms with Crippen LogP contribution in [0.1, 0.15) is 22.3 Å². The third kappa shape index (κ3) is 4.65. The highest BCUT2D eigenvalue weighted by atomic mass is 15.2. The molecule has 10 rings (SSSR count). The van der Waals surface area contributed by atoms with Gasteiger partial charge in [-0.05, 0) is 81.9 Å². The molecule has 2 aromatic heterocycles. The number of aromatic nitrogens is 2. The molecule has 0 spiro atoms. The van der Waals surface area contributed by atoms with E-state index in [1.807, 2.05) is 30.6 Å². The molecule has 0 saturated heterocycles. The largest absolute Gasteiger partial charge is 0.310 e. The smallest absolute Gasteiger partial charge is 0.187 e. The van der Waals surface area contributed by atoms with Crippen molar-refractivity contribution >= 4 is 44.6 Å². The fourth-order valence-corrected chi connectivity index (χ4v) is 8.56. The Kier molecular flexibility index (Phi) is 7.06.